The lowest BCUT2D eigenvalue weighted by atomic mass is 10.1. The number of nitrogens with zero attached hydrogens (tertiary/aromatic N) is 1. The summed E-state index contributed by atoms with van der Waals surface area (Å²) in [6.07, 6.45) is 0. The second kappa shape index (κ2) is 5.77. The summed E-state index contributed by atoms with van der Waals surface area (Å²) in [7, 11) is 0. The average molecular weight is 312 g/mol. The predicted octanol–water partition coefficient (Wildman–Crippen LogP) is 4.58. The molecule has 1 aromatic carbocycles. The first-order valence-electron chi connectivity index (χ1n) is 6.94. The van der Waals surface area contributed by atoms with E-state index < -0.39 is 0 Å². The number of amides is 1. The molecule has 3 aromatic rings. The number of aromatic nitrogens is 1. The molecular formula is C17H16N2O2S. The summed E-state index contributed by atoms with van der Waals surface area (Å²) in [6.45, 7) is 5.89. The Morgan fingerprint density at radius 2 is 2.00 bits per heavy atom. The highest BCUT2D eigenvalue weighted by molar-refractivity contribution is 7.09. The Bertz CT molecular complexity index is 833. The Kier molecular flexibility index (Phi) is 3.81. The van der Waals surface area contributed by atoms with E-state index in [1.54, 1.807) is 23.5 Å². The Labute approximate surface area is 132 Å². The molecule has 112 valence electrons. The summed E-state index contributed by atoms with van der Waals surface area (Å²) in [5.41, 5.74) is 3.67. The Hall–Kier alpha value is -2.40. The Morgan fingerprint density at radius 3 is 2.73 bits per heavy atom. The minimum Gasteiger partial charge on any atom is -0.449 e. The van der Waals surface area contributed by atoms with Crippen molar-refractivity contribution in [1.29, 1.82) is 0 Å². The fourth-order valence-corrected chi connectivity index (χ4v) is 2.73. The minimum absolute atomic E-state index is 0.257. The molecule has 0 fully saturated rings. The highest BCUT2D eigenvalue weighted by Gasteiger charge is 2.14. The van der Waals surface area contributed by atoms with Crippen molar-refractivity contribution in [2.45, 2.75) is 20.8 Å². The maximum absolute atomic E-state index is 12.3. The van der Waals surface area contributed by atoms with Crippen LogP contribution in [0.1, 0.15) is 26.7 Å². The quantitative estimate of drug-likeness (QED) is 0.770. The lowest BCUT2D eigenvalue weighted by Gasteiger charge is -2.07. The molecule has 0 aliphatic carbocycles. The smallest absolute Gasteiger partial charge is 0.291 e. The molecule has 0 saturated heterocycles. The molecule has 0 radical (unpaired) electrons. The molecule has 1 amide bonds. The number of rotatable bonds is 3. The largest absolute Gasteiger partial charge is 0.449 e. The van der Waals surface area contributed by atoms with Crippen LogP contribution < -0.4 is 5.32 Å². The zero-order valence-corrected chi connectivity index (χ0v) is 13.5. The minimum atomic E-state index is -0.257. The normalized spacial score (nSPS) is 10.7. The number of thiazole rings is 1. The van der Waals surface area contributed by atoms with Gasteiger partial charge in [0, 0.05) is 11.1 Å². The number of furan rings is 1. The summed E-state index contributed by atoms with van der Waals surface area (Å²) in [4.78, 5) is 16.7. The van der Waals surface area contributed by atoms with Gasteiger partial charge in [0.05, 0.1) is 5.01 Å². The van der Waals surface area contributed by atoms with Crippen LogP contribution in [0.5, 0.6) is 0 Å². The lowest BCUT2D eigenvalue weighted by molar-refractivity contribution is 0.0997. The molecule has 0 bridgehead atoms. The molecular weight excluding hydrogens is 296 g/mol. The van der Waals surface area contributed by atoms with Crippen LogP contribution >= 0.6 is 11.3 Å². The summed E-state index contributed by atoms with van der Waals surface area (Å²) in [5.74, 6) is 0.629. The summed E-state index contributed by atoms with van der Waals surface area (Å²) < 4.78 is 5.62. The van der Waals surface area contributed by atoms with Crippen LogP contribution in [0.25, 0.3) is 11.5 Å². The Morgan fingerprint density at radius 1 is 1.18 bits per heavy atom. The molecule has 5 heteroatoms. The van der Waals surface area contributed by atoms with Crippen molar-refractivity contribution in [1.82, 2.24) is 4.98 Å². The highest BCUT2D eigenvalue weighted by atomic mass is 32.1. The first-order chi connectivity index (χ1) is 10.5. The first-order valence-corrected chi connectivity index (χ1v) is 7.82. The van der Waals surface area contributed by atoms with Crippen LogP contribution in [-0.2, 0) is 0 Å². The second-order valence-corrected chi connectivity index (χ2v) is 6.25. The van der Waals surface area contributed by atoms with Crippen molar-refractivity contribution in [2.75, 3.05) is 5.32 Å². The van der Waals surface area contributed by atoms with Crippen molar-refractivity contribution in [3.63, 3.8) is 0 Å². The van der Waals surface area contributed by atoms with E-state index in [-0.39, 0.29) is 11.7 Å². The van der Waals surface area contributed by atoms with E-state index in [0.29, 0.717) is 5.76 Å². The van der Waals surface area contributed by atoms with E-state index in [1.807, 2.05) is 44.4 Å². The SMILES string of the molecule is Cc1ccc(C)c(NC(=O)c2ccc(-c3csc(C)n3)o2)c1. The maximum atomic E-state index is 12.3. The van der Waals surface area contributed by atoms with Crippen molar-refractivity contribution in [3.8, 4) is 11.5 Å². The van der Waals surface area contributed by atoms with Crippen LogP contribution in [0, 0.1) is 20.8 Å². The van der Waals surface area contributed by atoms with E-state index in [0.717, 1.165) is 27.5 Å². The summed E-state index contributed by atoms with van der Waals surface area (Å²) in [6, 6.07) is 9.38. The highest BCUT2D eigenvalue weighted by Crippen LogP contribution is 2.24. The monoisotopic (exact) mass is 312 g/mol. The number of anilines is 1. The molecule has 0 unspecified atom stereocenters. The summed E-state index contributed by atoms with van der Waals surface area (Å²) >= 11 is 1.55. The second-order valence-electron chi connectivity index (χ2n) is 5.19. The van der Waals surface area contributed by atoms with Crippen LogP contribution in [0.15, 0.2) is 40.1 Å². The number of nitrogens with one attached hydrogen (secondary N) is 1. The number of carbonyl (C=O) groups is 1. The van der Waals surface area contributed by atoms with Gasteiger partial charge in [0.25, 0.3) is 5.91 Å². The van der Waals surface area contributed by atoms with Gasteiger partial charge in [-0.3, -0.25) is 4.79 Å². The molecule has 22 heavy (non-hydrogen) atoms. The van der Waals surface area contributed by atoms with Gasteiger partial charge < -0.3 is 9.73 Å². The fourth-order valence-electron chi connectivity index (χ4n) is 2.13. The third-order valence-electron chi connectivity index (χ3n) is 3.34. The van der Waals surface area contributed by atoms with Gasteiger partial charge in [-0.2, -0.15) is 0 Å². The lowest BCUT2D eigenvalue weighted by Crippen LogP contribution is -2.11. The van der Waals surface area contributed by atoms with Gasteiger partial charge in [0.2, 0.25) is 0 Å². The van der Waals surface area contributed by atoms with Gasteiger partial charge >= 0.3 is 0 Å². The molecule has 1 N–H and O–H groups in total. The molecule has 2 heterocycles. The van der Waals surface area contributed by atoms with Crippen LogP contribution in [-0.4, -0.2) is 10.9 Å². The number of hydrogen-bond donors (Lipinski definition) is 1. The number of carbonyl (C=O) groups excluding carboxylic acids is 1. The third-order valence-corrected chi connectivity index (χ3v) is 4.12. The molecule has 0 aliphatic rings. The topological polar surface area (TPSA) is 55.1 Å². The zero-order chi connectivity index (χ0) is 15.7. The molecule has 0 saturated carbocycles. The van der Waals surface area contributed by atoms with Gasteiger partial charge in [-0.1, -0.05) is 12.1 Å². The third kappa shape index (κ3) is 2.94. The van der Waals surface area contributed by atoms with Crippen molar-refractivity contribution in [3.05, 3.63) is 57.6 Å². The van der Waals surface area contributed by atoms with Crippen molar-refractivity contribution >= 4 is 22.9 Å². The van der Waals surface area contributed by atoms with E-state index in [2.05, 4.69) is 10.3 Å². The van der Waals surface area contributed by atoms with Crippen molar-refractivity contribution < 1.29 is 9.21 Å². The van der Waals surface area contributed by atoms with Gasteiger partial charge in [0.1, 0.15) is 5.69 Å². The summed E-state index contributed by atoms with van der Waals surface area (Å²) in [5, 5.41) is 5.77. The van der Waals surface area contributed by atoms with Crippen LogP contribution in [0.3, 0.4) is 0 Å². The van der Waals surface area contributed by atoms with E-state index >= 15 is 0 Å². The van der Waals surface area contributed by atoms with E-state index in [1.165, 1.54) is 0 Å². The molecule has 0 aliphatic heterocycles. The van der Waals surface area contributed by atoms with Crippen LogP contribution in [0.2, 0.25) is 0 Å². The van der Waals surface area contributed by atoms with Gasteiger partial charge in [-0.15, -0.1) is 11.3 Å². The molecule has 0 atom stereocenters. The van der Waals surface area contributed by atoms with Gasteiger partial charge in [0.15, 0.2) is 11.5 Å². The van der Waals surface area contributed by atoms with Crippen molar-refractivity contribution in [2.24, 2.45) is 0 Å². The van der Waals surface area contributed by atoms with Gasteiger partial charge in [-0.25, -0.2) is 4.98 Å². The molecule has 0 spiro atoms. The first kappa shape index (κ1) is 14.5. The number of aryl methyl sites for hydroxylation is 3. The molecule has 3 rings (SSSR count). The number of hydrogen-bond acceptors (Lipinski definition) is 4. The van der Waals surface area contributed by atoms with E-state index in [9.17, 15) is 4.79 Å². The molecule has 2 aromatic heterocycles. The fraction of sp³-hybridized carbons (Fsp3) is 0.176. The van der Waals surface area contributed by atoms with Gasteiger partial charge in [-0.05, 0) is 50.1 Å². The standard InChI is InChI=1S/C17H16N2O2S/c1-10-4-5-11(2)13(8-10)19-17(20)16-7-6-15(21-16)14-9-22-12(3)18-14/h4-9H,1-3H3,(H,19,20). The average Bonchev–Trinajstić information content (AvgIpc) is 3.11. The van der Waals surface area contributed by atoms with E-state index in [4.69, 9.17) is 4.42 Å². The zero-order valence-electron chi connectivity index (χ0n) is 12.6. The molecule has 4 nitrogen and oxygen atoms in total. The van der Waals surface area contributed by atoms with Crippen LogP contribution in [0.4, 0.5) is 5.69 Å². The predicted molar refractivity (Wildman–Crippen MR) is 88.4 cm³/mol. The number of benzene rings is 1. The Balaban J connectivity index is 1.81. The maximum Gasteiger partial charge on any atom is 0.291 e.